The summed E-state index contributed by atoms with van der Waals surface area (Å²) >= 11 is 0. The van der Waals surface area contributed by atoms with Crippen molar-refractivity contribution in [1.29, 1.82) is 0 Å². The molecular weight excluding hydrogens is 688 g/mol. The summed E-state index contributed by atoms with van der Waals surface area (Å²) < 4.78 is 5.68. The summed E-state index contributed by atoms with van der Waals surface area (Å²) in [6, 6.07) is 18.3. The summed E-state index contributed by atoms with van der Waals surface area (Å²) in [5.41, 5.74) is 0.401. The van der Waals surface area contributed by atoms with Crippen molar-refractivity contribution >= 4 is 46.5 Å². The number of urea groups is 1. The van der Waals surface area contributed by atoms with Crippen molar-refractivity contribution in [3.8, 4) is 0 Å². The summed E-state index contributed by atoms with van der Waals surface area (Å²) in [7, 11) is 0. The zero-order valence-electron chi connectivity index (χ0n) is 30.6. The van der Waals surface area contributed by atoms with Crippen LogP contribution in [0.2, 0.25) is 0 Å². The SMILES string of the molecule is CC(=O)N(C[C@H](NC(=O)OCC12CC3CC(CC(C3)C1)C2)C(=O)O)N1C(=O)N(Cc2ccc3ccccc3c2)[C@@](C)(c2ccc(C3=NCCN3)cc2)C1=O. The molecule has 0 radical (unpaired) electrons. The number of hydrogen-bond acceptors (Lipinski definition) is 8. The number of alkyl carbamates (subject to hydrolysis) is 1. The summed E-state index contributed by atoms with van der Waals surface area (Å²) in [5.74, 6) is -0.237. The molecule has 0 aromatic heterocycles. The van der Waals surface area contributed by atoms with Gasteiger partial charge in [-0.05, 0) is 91.2 Å². The summed E-state index contributed by atoms with van der Waals surface area (Å²) in [6.45, 7) is 3.70. The Hall–Kier alpha value is -5.46. The minimum absolute atomic E-state index is 0.0153. The number of fused-ring (bicyclic) bond motifs is 1. The third-order valence-electron chi connectivity index (χ3n) is 12.3. The highest BCUT2D eigenvalue weighted by Crippen LogP contribution is 2.60. The first-order valence-corrected chi connectivity index (χ1v) is 18.9. The highest BCUT2D eigenvalue weighted by atomic mass is 16.5. The quantitative estimate of drug-likeness (QED) is 0.231. The Morgan fingerprint density at radius 2 is 1.65 bits per heavy atom. The minimum Gasteiger partial charge on any atom is -0.480 e. The molecule has 2 atom stereocenters. The van der Waals surface area contributed by atoms with Crippen LogP contribution in [0.15, 0.2) is 71.7 Å². The third kappa shape index (κ3) is 6.43. The maximum Gasteiger partial charge on any atom is 0.407 e. The number of ether oxygens (including phenoxy) is 1. The number of aliphatic imine (C=N–C) groups is 1. The second-order valence-electron chi connectivity index (χ2n) is 16.1. The Morgan fingerprint density at radius 3 is 2.26 bits per heavy atom. The van der Waals surface area contributed by atoms with Crippen LogP contribution in [0.4, 0.5) is 9.59 Å². The first-order valence-electron chi connectivity index (χ1n) is 18.9. The van der Waals surface area contributed by atoms with Crippen LogP contribution in [0.25, 0.3) is 10.8 Å². The second-order valence-corrected chi connectivity index (χ2v) is 16.1. The lowest BCUT2D eigenvalue weighted by Crippen LogP contribution is -2.57. The number of benzene rings is 3. The lowest BCUT2D eigenvalue weighted by Gasteiger charge is -2.56. The molecule has 0 unspecified atom stereocenters. The van der Waals surface area contributed by atoms with Crippen LogP contribution in [-0.2, 0) is 31.2 Å². The van der Waals surface area contributed by atoms with Gasteiger partial charge in [0.2, 0.25) is 5.91 Å². The molecule has 3 aromatic carbocycles. The minimum atomic E-state index is -1.67. The Labute approximate surface area is 313 Å². The third-order valence-corrected chi connectivity index (χ3v) is 12.3. The van der Waals surface area contributed by atoms with Gasteiger partial charge in [-0.25, -0.2) is 19.4 Å². The topological polar surface area (TPSA) is 161 Å². The molecule has 13 nitrogen and oxygen atoms in total. The zero-order chi connectivity index (χ0) is 37.8. The summed E-state index contributed by atoms with van der Waals surface area (Å²) in [5, 5.41) is 19.4. The molecule has 6 aliphatic rings. The molecule has 4 aliphatic carbocycles. The van der Waals surface area contributed by atoms with Gasteiger partial charge >= 0.3 is 18.1 Å². The number of amidine groups is 1. The molecule has 282 valence electrons. The lowest BCUT2D eigenvalue weighted by atomic mass is 9.50. The highest BCUT2D eigenvalue weighted by Gasteiger charge is 2.58. The summed E-state index contributed by atoms with van der Waals surface area (Å²) in [4.78, 5) is 74.1. The number of carbonyl (C=O) groups is 5. The van der Waals surface area contributed by atoms with E-state index >= 15 is 0 Å². The largest absolute Gasteiger partial charge is 0.480 e. The van der Waals surface area contributed by atoms with Gasteiger partial charge in [-0.3, -0.25) is 19.5 Å². The van der Waals surface area contributed by atoms with Gasteiger partial charge in [-0.1, -0.05) is 60.7 Å². The molecule has 0 spiro atoms. The fraction of sp³-hybridized carbons (Fsp3) is 0.463. The van der Waals surface area contributed by atoms with Crippen LogP contribution in [-0.4, -0.2) is 88.1 Å². The van der Waals surface area contributed by atoms with Crippen molar-refractivity contribution in [3.63, 3.8) is 0 Å². The van der Waals surface area contributed by atoms with Gasteiger partial charge in [-0.15, -0.1) is 0 Å². The van der Waals surface area contributed by atoms with E-state index in [0.717, 1.165) is 70.5 Å². The van der Waals surface area contributed by atoms with E-state index in [1.807, 2.05) is 54.6 Å². The average molecular weight is 735 g/mol. The molecule has 1 saturated heterocycles. The van der Waals surface area contributed by atoms with E-state index < -0.39 is 48.0 Å². The number of hydrogen-bond donors (Lipinski definition) is 3. The number of carboxylic acid groups (broad SMARTS) is 1. The fourth-order valence-electron chi connectivity index (χ4n) is 10.1. The maximum absolute atomic E-state index is 14.7. The number of nitrogens with zero attached hydrogens (tertiary/aromatic N) is 4. The van der Waals surface area contributed by atoms with Crippen LogP contribution < -0.4 is 10.6 Å². The molecule has 54 heavy (non-hydrogen) atoms. The van der Waals surface area contributed by atoms with Crippen LogP contribution in [0.5, 0.6) is 0 Å². The van der Waals surface area contributed by atoms with E-state index in [1.165, 1.54) is 24.2 Å². The number of carboxylic acids is 1. The molecule has 3 N–H and O–H groups in total. The first-order chi connectivity index (χ1) is 25.9. The van der Waals surface area contributed by atoms with Gasteiger partial charge in [0.15, 0.2) is 0 Å². The van der Waals surface area contributed by atoms with E-state index in [2.05, 4.69) is 15.6 Å². The number of amides is 5. The Bertz CT molecular complexity index is 2010. The number of imide groups is 1. The van der Waals surface area contributed by atoms with Crippen LogP contribution >= 0.6 is 0 Å². The zero-order valence-corrected chi connectivity index (χ0v) is 30.6. The number of aliphatic carboxylic acids is 1. The normalized spacial score (nSPS) is 27.5. The van der Waals surface area contributed by atoms with E-state index in [9.17, 15) is 29.1 Å². The van der Waals surface area contributed by atoms with Crippen LogP contribution in [0, 0.1) is 23.2 Å². The second kappa shape index (κ2) is 13.7. The van der Waals surface area contributed by atoms with Crippen molar-refractivity contribution in [2.24, 2.45) is 28.2 Å². The molecule has 2 heterocycles. The molecular formula is C41H46N6O7. The molecule has 3 aromatic rings. The number of carbonyl (C=O) groups excluding carboxylic acids is 4. The molecule has 9 rings (SSSR count). The molecule has 13 heteroatoms. The predicted molar refractivity (Wildman–Crippen MR) is 199 cm³/mol. The highest BCUT2D eigenvalue weighted by molar-refractivity contribution is 6.08. The van der Waals surface area contributed by atoms with Crippen molar-refractivity contribution in [1.82, 2.24) is 25.6 Å². The van der Waals surface area contributed by atoms with E-state index in [-0.39, 0.29) is 18.6 Å². The number of rotatable bonds is 11. The molecule has 2 aliphatic heterocycles. The number of nitrogens with one attached hydrogen (secondary N) is 2. The molecule has 4 saturated carbocycles. The van der Waals surface area contributed by atoms with Gasteiger partial charge in [0.05, 0.1) is 19.7 Å². The fourth-order valence-corrected chi connectivity index (χ4v) is 10.1. The monoisotopic (exact) mass is 734 g/mol. The molecule has 4 bridgehead atoms. The van der Waals surface area contributed by atoms with E-state index in [1.54, 1.807) is 19.1 Å². The van der Waals surface area contributed by atoms with E-state index in [0.29, 0.717) is 29.9 Å². The number of hydrazine groups is 1. The molecule has 5 fully saturated rings. The summed E-state index contributed by atoms with van der Waals surface area (Å²) in [6.07, 6.45) is 5.82. The van der Waals surface area contributed by atoms with Crippen molar-refractivity contribution in [2.45, 2.75) is 70.5 Å². The first kappa shape index (κ1) is 35.6. The van der Waals surface area contributed by atoms with Crippen LogP contribution in [0.3, 0.4) is 0 Å². The van der Waals surface area contributed by atoms with Gasteiger partial charge in [0.25, 0.3) is 5.91 Å². The van der Waals surface area contributed by atoms with Gasteiger partial charge < -0.3 is 20.5 Å². The van der Waals surface area contributed by atoms with Crippen LogP contribution in [0.1, 0.15) is 69.1 Å². The predicted octanol–water partition coefficient (Wildman–Crippen LogP) is 5.03. The Balaban J connectivity index is 1.05. The van der Waals surface area contributed by atoms with E-state index in [4.69, 9.17) is 4.74 Å². The Kier molecular flexibility index (Phi) is 9.06. The molecule has 5 amide bonds. The smallest absolute Gasteiger partial charge is 0.407 e. The van der Waals surface area contributed by atoms with Crippen molar-refractivity contribution in [3.05, 3.63) is 83.4 Å². The van der Waals surface area contributed by atoms with Crippen molar-refractivity contribution < 1.29 is 33.8 Å². The standard InChI is InChI=1S/C41H46N6O7/c1-25(48)46(23-34(36(49)50)44-38(52)54-24-41-19-27-15-28(20-41)17-29(16-27)21-41)47-37(51)40(2,33-11-9-31(10-12-33)35-42-13-14-43-35)45(39(47)53)22-26-7-8-30-5-3-4-6-32(30)18-26/h3-12,18,27-29,34H,13-17,19-24H2,1-2H3,(H,42,43)(H,44,52)(H,49,50)/t27?,28?,29?,34-,40-,41?/m0/s1. The van der Waals surface area contributed by atoms with Crippen molar-refractivity contribution in [2.75, 3.05) is 26.2 Å². The van der Waals surface area contributed by atoms with Gasteiger partial charge in [-0.2, -0.15) is 5.01 Å². The lowest BCUT2D eigenvalue weighted by molar-refractivity contribution is -0.158. The Morgan fingerprint density at radius 1 is 0.981 bits per heavy atom. The average Bonchev–Trinajstić information content (AvgIpc) is 3.75. The maximum atomic E-state index is 14.7. The van der Waals surface area contributed by atoms with Gasteiger partial charge in [0.1, 0.15) is 17.4 Å². The van der Waals surface area contributed by atoms with Gasteiger partial charge in [0, 0.05) is 31.0 Å².